The number of rotatable bonds is 21. The number of methoxy groups -OCH3 is 1. The van der Waals surface area contributed by atoms with E-state index in [2.05, 4.69) is 0 Å². The van der Waals surface area contributed by atoms with Crippen LogP contribution in [0.25, 0.3) is 0 Å². The molecule has 1 saturated heterocycles. The first-order valence-corrected chi connectivity index (χ1v) is 13.0. The highest BCUT2D eigenvalue weighted by molar-refractivity contribution is 5.66. The Morgan fingerprint density at radius 3 is 1.64 bits per heavy atom. The van der Waals surface area contributed by atoms with Crippen LogP contribution >= 0.6 is 0 Å². The molecule has 1 heterocycles. The molecule has 4 N–H and O–H groups in total. The molecule has 196 valence electrons. The average molecular weight is 477 g/mol. The maximum Gasteiger partial charge on any atom is 0.303 e. The molecule has 1 aliphatic rings. The normalized spacial score (nSPS) is 25.4. The molecule has 0 aromatic rings. The maximum absolute atomic E-state index is 10.4. The summed E-state index contributed by atoms with van der Waals surface area (Å²) >= 11 is 0. The van der Waals surface area contributed by atoms with Crippen LogP contribution in [0.3, 0.4) is 0 Å². The Bertz CT molecular complexity index is 473. The summed E-state index contributed by atoms with van der Waals surface area (Å²) in [6, 6.07) is 0. The van der Waals surface area contributed by atoms with Gasteiger partial charge in [0.2, 0.25) is 0 Å². The van der Waals surface area contributed by atoms with Crippen LogP contribution in [0, 0.1) is 0 Å². The second-order valence-corrected chi connectivity index (χ2v) is 9.22. The van der Waals surface area contributed by atoms with Crippen molar-refractivity contribution in [3.05, 3.63) is 0 Å². The molecule has 8 heteroatoms. The molecule has 0 bridgehead atoms. The molecule has 1 rings (SSSR count). The fourth-order valence-corrected chi connectivity index (χ4v) is 4.35. The van der Waals surface area contributed by atoms with E-state index < -0.39 is 36.7 Å². The number of unbranched alkanes of at least 4 members (excludes halogenated alkanes) is 14. The largest absolute Gasteiger partial charge is 0.481 e. The Labute approximate surface area is 199 Å². The second-order valence-electron chi connectivity index (χ2n) is 9.22. The molecule has 0 amide bonds. The van der Waals surface area contributed by atoms with Crippen molar-refractivity contribution in [2.24, 2.45) is 0 Å². The summed E-state index contributed by atoms with van der Waals surface area (Å²) in [4.78, 5) is 10.4. The Morgan fingerprint density at radius 2 is 1.21 bits per heavy atom. The summed E-state index contributed by atoms with van der Waals surface area (Å²) in [7, 11) is 1.38. The number of carboxylic acids is 1. The highest BCUT2D eigenvalue weighted by Gasteiger charge is 2.45. The number of hydrogen-bond acceptors (Lipinski definition) is 7. The van der Waals surface area contributed by atoms with E-state index in [1.807, 2.05) is 0 Å². The van der Waals surface area contributed by atoms with Gasteiger partial charge in [-0.3, -0.25) is 4.79 Å². The minimum absolute atomic E-state index is 0.303. The number of hydrogen-bond donors (Lipinski definition) is 4. The third kappa shape index (κ3) is 13.6. The minimum Gasteiger partial charge on any atom is -0.481 e. The molecule has 1 unspecified atom stereocenters. The van der Waals surface area contributed by atoms with Crippen LogP contribution in [0.2, 0.25) is 0 Å². The fraction of sp³-hybridized carbons (Fsp3) is 0.960. The van der Waals surface area contributed by atoms with Gasteiger partial charge < -0.3 is 34.6 Å². The van der Waals surface area contributed by atoms with Gasteiger partial charge in [0.1, 0.15) is 24.4 Å². The molecule has 8 nitrogen and oxygen atoms in total. The zero-order valence-corrected chi connectivity index (χ0v) is 20.5. The Hall–Kier alpha value is -0.770. The summed E-state index contributed by atoms with van der Waals surface area (Å²) in [5, 5.41) is 38.3. The lowest BCUT2D eigenvalue weighted by Crippen LogP contribution is -2.59. The first-order valence-electron chi connectivity index (χ1n) is 13.0. The van der Waals surface area contributed by atoms with E-state index in [4.69, 9.17) is 19.3 Å². The van der Waals surface area contributed by atoms with Crippen LogP contribution in [0.15, 0.2) is 0 Å². The van der Waals surface area contributed by atoms with Crippen LogP contribution in [0.5, 0.6) is 0 Å². The van der Waals surface area contributed by atoms with Gasteiger partial charge in [0.15, 0.2) is 6.29 Å². The van der Waals surface area contributed by atoms with E-state index in [-0.39, 0.29) is 6.61 Å². The van der Waals surface area contributed by atoms with Crippen LogP contribution in [-0.2, 0) is 19.0 Å². The van der Waals surface area contributed by atoms with Gasteiger partial charge >= 0.3 is 5.97 Å². The topological polar surface area (TPSA) is 126 Å². The lowest BCUT2D eigenvalue weighted by Gasteiger charge is -2.41. The average Bonchev–Trinajstić information content (AvgIpc) is 2.80. The molecule has 0 aromatic carbocycles. The lowest BCUT2D eigenvalue weighted by molar-refractivity contribution is -0.301. The maximum atomic E-state index is 10.4. The van der Waals surface area contributed by atoms with E-state index in [1.54, 1.807) is 0 Å². The van der Waals surface area contributed by atoms with Crippen LogP contribution < -0.4 is 0 Å². The monoisotopic (exact) mass is 476 g/mol. The van der Waals surface area contributed by atoms with Crippen molar-refractivity contribution in [3.63, 3.8) is 0 Å². The molecule has 0 aliphatic carbocycles. The van der Waals surface area contributed by atoms with Crippen LogP contribution in [0.4, 0.5) is 0 Å². The van der Waals surface area contributed by atoms with Gasteiger partial charge in [0.25, 0.3) is 0 Å². The summed E-state index contributed by atoms with van der Waals surface area (Å²) in [6.07, 6.45) is 13.1. The van der Waals surface area contributed by atoms with Crippen molar-refractivity contribution in [2.45, 2.75) is 133 Å². The summed E-state index contributed by atoms with van der Waals surface area (Å²) < 4.78 is 16.1. The number of aliphatic hydroxyl groups is 3. The van der Waals surface area contributed by atoms with E-state index in [1.165, 1.54) is 64.9 Å². The highest BCUT2D eigenvalue weighted by Crippen LogP contribution is 2.24. The Kier molecular flexibility index (Phi) is 17.9. The summed E-state index contributed by atoms with van der Waals surface area (Å²) in [5.74, 6) is -0.685. The smallest absolute Gasteiger partial charge is 0.303 e. The van der Waals surface area contributed by atoms with Gasteiger partial charge in [-0.05, 0) is 12.8 Å². The molecule has 33 heavy (non-hydrogen) atoms. The number of ether oxygens (including phenoxy) is 3. The number of carboxylic acid groups (broad SMARTS) is 1. The van der Waals surface area contributed by atoms with E-state index in [0.29, 0.717) is 13.0 Å². The SMILES string of the molecule is COC1O[C@H](CO)[C@@H](OCCCCCCCCCCCCCCCCCC(=O)O)[C@H](O)[C@H]1O. The van der Waals surface area contributed by atoms with Crippen LogP contribution in [0.1, 0.15) is 103 Å². The van der Waals surface area contributed by atoms with Crippen molar-refractivity contribution >= 4 is 5.97 Å². The molecule has 1 fully saturated rings. The third-order valence-electron chi connectivity index (χ3n) is 6.40. The van der Waals surface area contributed by atoms with Gasteiger partial charge in [-0.1, -0.05) is 83.5 Å². The fourth-order valence-electron chi connectivity index (χ4n) is 4.35. The molecular weight excluding hydrogens is 428 g/mol. The first kappa shape index (κ1) is 30.3. The number of carbonyl (C=O) groups is 1. The van der Waals surface area contributed by atoms with Crippen LogP contribution in [-0.4, -0.2) is 77.4 Å². The predicted molar refractivity (Wildman–Crippen MR) is 126 cm³/mol. The molecule has 1 aliphatic heterocycles. The molecule has 0 spiro atoms. The van der Waals surface area contributed by atoms with Crippen molar-refractivity contribution in [1.29, 1.82) is 0 Å². The third-order valence-corrected chi connectivity index (χ3v) is 6.40. The van der Waals surface area contributed by atoms with E-state index in [0.717, 1.165) is 38.5 Å². The standard InChI is InChI=1S/C25H48O8/c1-31-25-23(30)22(29)24(20(19-26)33-25)32-18-16-14-12-10-8-6-4-2-3-5-7-9-11-13-15-17-21(27)28/h20,22-26,29-30H,2-19H2,1H3,(H,27,28)/t20-,22-,23-,24-,25?/m1/s1. The Morgan fingerprint density at radius 1 is 0.758 bits per heavy atom. The zero-order valence-electron chi connectivity index (χ0n) is 20.5. The van der Waals surface area contributed by atoms with E-state index >= 15 is 0 Å². The van der Waals surface area contributed by atoms with Gasteiger partial charge in [-0.25, -0.2) is 0 Å². The van der Waals surface area contributed by atoms with Crippen molar-refractivity contribution in [3.8, 4) is 0 Å². The van der Waals surface area contributed by atoms with Crippen molar-refractivity contribution in [2.75, 3.05) is 20.3 Å². The first-order chi connectivity index (χ1) is 16.0. The van der Waals surface area contributed by atoms with Crippen molar-refractivity contribution in [1.82, 2.24) is 0 Å². The quantitative estimate of drug-likeness (QED) is 0.184. The van der Waals surface area contributed by atoms with Gasteiger partial charge in [-0.2, -0.15) is 0 Å². The highest BCUT2D eigenvalue weighted by atomic mass is 16.7. The zero-order chi connectivity index (χ0) is 24.3. The Balaban J connectivity index is 1.88. The second kappa shape index (κ2) is 19.5. The van der Waals surface area contributed by atoms with E-state index in [9.17, 15) is 20.1 Å². The van der Waals surface area contributed by atoms with Gasteiger partial charge in [0.05, 0.1) is 6.61 Å². The minimum atomic E-state index is -1.20. The lowest BCUT2D eigenvalue weighted by atomic mass is 9.99. The van der Waals surface area contributed by atoms with Gasteiger partial charge in [0, 0.05) is 20.1 Å². The molecule has 0 aromatic heterocycles. The summed E-state index contributed by atoms with van der Waals surface area (Å²) in [6.45, 7) is 0.161. The molecule has 0 radical (unpaired) electrons. The number of aliphatic carboxylic acids is 1. The molecule has 5 atom stereocenters. The number of aliphatic hydroxyl groups excluding tert-OH is 3. The molecule has 0 saturated carbocycles. The summed E-state index contributed by atoms with van der Waals surface area (Å²) in [5.41, 5.74) is 0. The molecular formula is C25H48O8. The van der Waals surface area contributed by atoms with Crippen molar-refractivity contribution < 1.29 is 39.4 Å². The van der Waals surface area contributed by atoms with Gasteiger partial charge in [-0.15, -0.1) is 0 Å². The predicted octanol–water partition coefficient (Wildman–Crippen LogP) is 3.78.